The third-order valence-electron chi connectivity index (χ3n) is 3.75. The van der Waals surface area contributed by atoms with Gasteiger partial charge in [-0.15, -0.1) is 0 Å². The van der Waals surface area contributed by atoms with Crippen LogP contribution in [0.25, 0.3) is 0 Å². The van der Waals surface area contributed by atoms with Crippen molar-refractivity contribution < 1.29 is 13.6 Å². The molecule has 2 aromatic carbocycles. The molecule has 5 heteroatoms. The van der Waals surface area contributed by atoms with Crippen molar-refractivity contribution >= 4 is 11.6 Å². The van der Waals surface area contributed by atoms with Crippen LogP contribution in [0.4, 0.5) is 14.5 Å². The number of hydrogen-bond donors (Lipinski definition) is 1. The number of likely N-dealkylation sites (N-methyl/N-ethyl adjacent to an activating group) is 1. The number of aryl methyl sites for hydroxylation is 1. The first-order valence-electron chi connectivity index (χ1n) is 7.35. The molecule has 0 spiro atoms. The van der Waals surface area contributed by atoms with Gasteiger partial charge in [-0.25, -0.2) is 8.78 Å². The van der Waals surface area contributed by atoms with Gasteiger partial charge in [-0.1, -0.05) is 18.2 Å². The SMILES string of the molecule is Cc1cccc(NC(=O)CN(C)Cc2ccc(F)cc2F)c1C. The molecule has 2 rings (SSSR count). The molecule has 1 N–H and O–H groups in total. The van der Waals surface area contributed by atoms with Crippen molar-refractivity contribution in [3.8, 4) is 0 Å². The van der Waals surface area contributed by atoms with Crippen LogP contribution in [0.3, 0.4) is 0 Å². The number of hydrogen-bond acceptors (Lipinski definition) is 2. The first-order valence-corrected chi connectivity index (χ1v) is 7.35. The van der Waals surface area contributed by atoms with Crippen LogP contribution in [0.1, 0.15) is 16.7 Å². The second kappa shape index (κ2) is 7.33. The van der Waals surface area contributed by atoms with Gasteiger partial charge in [0.25, 0.3) is 0 Å². The number of carbonyl (C=O) groups excluding carboxylic acids is 1. The molecular weight excluding hydrogens is 298 g/mol. The molecule has 0 aromatic heterocycles. The number of nitrogens with zero attached hydrogens (tertiary/aromatic N) is 1. The molecule has 0 unspecified atom stereocenters. The smallest absolute Gasteiger partial charge is 0.238 e. The summed E-state index contributed by atoms with van der Waals surface area (Å²) in [5.41, 5.74) is 3.25. The number of benzene rings is 2. The quantitative estimate of drug-likeness (QED) is 0.912. The maximum absolute atomic E-state index is 13.6. The van der Waals surface area contributed by atoms with Gasteiger partial charge in [0.15, 0.2) is 0 Å². The molecular formula is C18H20F2N2O. The number of carbonyl (C=O) groups is 1. The third kappa shape index (κ3) is 4.60. The van der Waals surface area contributed by atoms with Crippen molar-refractivity contribution in [1.82, 2.24) is 4.90 Å². The van der Waals surface area contributed by atoms with Crippen molar-refractivity contribution in [2.45, 2.75) is 20.4 Å². The minimum Gasteiger partial charge on any atom is -0.325 e. The highest BCUT2D eigenvalue weighted by Gasteiger charge is 2.11. The molecule has 23 heavy (non-hydrogen) atoms. The highest BCUT2D eigenvalue weighted by Crippen LogP contribution is 2.18. The minimum absolute atomic E-state index is 0.115. The summed E-state index contributed by atoms with van der Waals surface area (Å²) in [6, 6.07) is 9.16. The lowest BCUT2D eigenvalue weighted by Crippen LogP contribution is -2.30. The van der Waals surface area contributed by atoms with Crippen molar-refractivity contribution in [3.63, 3.8) is 0 Å². The van der Waals surface area contributed by atoms with E-state index in [1.54, 1.807) is 11.9 Å². The lowest BCUT2D eigenvalue weighted by atomic mass is 10.1. The van der Waals surface area contributed by atoms with Gasteiger partial charge in [0, 0.05) is 23.9 Å². The molecule has 2 aromatic rings. The third-order valence-corrected chi connectivity index (χ3v) is 3.75. The van der Waals surface area contributed by atoms with Crippen LogP contribution in [0, 0.1) is 25.5 Å². The average Bonchev–Trinajstić information content (AvgIpc) is 2.47. The molecule has 0 atom stereocenters. The van der Waals surface area contributed by atoms with E-state index in [0.717, 1.165) is 22.9 Å². The molecule has 0 aliphatic heterocycles. The first-order chi connectivity index (χ1) is 10.9. The zero-order valence-electron chi connectivity index (χ0n) is 13.5. The summed E-state index contributed by atoms with van der Waals surface area (Å²) in [5, 5.41) is 2.86. The van der Waals surface area contributed by atoms with E-state index in [-0.39, 0.29) is 19.0 Å². The summed E-state index contributed by atoms with van der Waals surface area (Å²) in [6.07, 6.45) is 0. The fourth-order valence-electron chi connectivity index (χ4n) is 2.32. The number of halogens is 2. The predicted octanol–water partition coefficient (Wildman–Crippen LogP) is 3.65. The van der Waals surface area contributed by atoms with Gasteiger partial charge in [-0.2, -0.15) is 0 Å². The van der Waals surface area contributed by atoms with E-state index < -0.39 is 11.6 Å². The molecule has 3 nitrogen and oxygen atoms in total. The van der Waals surface area contributed by atoms with Crippen LogP contribution in [-0.2, 0) is 11.3 Å². The highest BCUT2D eigenvalue weighted by molar-refractivity contribution is 5.93. The molecule has 0 bridgehead atoms. The van der Waals surface area contributed by atoms with Gasteiger partial charge in [-0.05, 0) is 44.2 Å². The summed E-state index contributed by atoms with van der Waals surface area (Å²) in [6.45, 7) is 4.27. The fourth-order valence-corrected chi connectivity index (χ4v) is 2.32. The van der Waals surface area contributed by atoms with Crippen molar-refractivity contribution in [2.24, 2.45) is 0 Å². The summed E-state index contributed by atoms with van der Waals surface area (Å²) < 4.78 is 26.5. The summed E-state index contributed by atoms with van der Waals surface area (Å²) >= 11 is 0. The molecule has 0 radical (unpaired) electrons. The molecule has 0 saturated heterocycles. The van der Waals surface area contributed by atoms with Crippen molar-refractivity contribution in [1.29, 1.82) is 0 Å². The zero-order valence-corrected chi connectivity index (χ0v) is 13.5. The monoisotopic (exact) mass is 318 g/mol. The van der Waals surface area contributed by atoms with Gasteiger partial charge in [0.1, 0.15) is 11.6 Å². The Bertz CT molecular complexity index is 716. The maximum Gasteiger partial charge on any atom is 0.238 e. The fraction of sp³-hybridized carbons (Fsp3) is 0.278. The topological polar surface area (TPSA) is 32.3 Å². The van der Waals surface area contributed by atoms with Crippen LogP contribution in [0.5, 0.6) is 0 Å². The number of anilines is 1. The van der Waals surface area contributed by atoms with Gasteiger partial charge in [0.05, 0.1) is 6.54 Å². The van der Waals surface area contributed by atoms with Crippen LogP contribution in [0.2, 0.25) is 0 Å². The average molecular weight is 318 g/mol. The summed E-state index contributed by atoms with van der Waals surface area (Å²) in [7, 11) is 1.71. The molecule has 0 heterocycles. The van der Waals surface area contributed by atoms with E-state index in [1.807, 2.05) is 32.0 Å². The first kappa shape index (κ1) is 17.1. The highest BCUT2D eigenvalue weighted by atomic mass is 19.1. The van der Waals surface area contributed by atoms with Crippen LogP contribution >= 0.6 is 0 Å². The maximum atomic E-state index is 13.6. The molecule has 0 aliphatic carbocycles. The molecule has 0 saturated carbocycles. The van der Waals surface area contributed by atoms with Gasteiger partial charge >= 0.3 is 0 Å². The van der Waals surface area contributed by atoms with E-state index in [2.05, 4.69) is 5.32 Å². The Morgan fingerprint density at radius 3 is 2.61 bits per heavy atom. The summed E-state index contributed by atoms with van der Waals surface area (Å²) in [5.74, 6) is -1.39. The molecule has 1 amide bonds. The van der Waals surface area contributed by atoms with Gasteiger partial charge in [-0.3, -0.25) is 9.69 Å². The van der Waals surface area contributed by atoms with Gasteiger partial charge < -0.3 is 5.32 Å². The lowest BCUT2D eigenvalue weighted by Gasteiger charge is -2.17. The Kier molecular flexibility index (Phi) is 5.45. The van der Waals surface area contributed by atoms with E-state index in [0.29, 0.717) is 5.56 Å². The molecule has 0 aliphatic rings. The summed E-state index contributed by atoms with van der Waals surface area (Å²) in [4.78, 5) is 13.8. The lowest BCUT2D eigenvalue weighted by molar-refractivity contribution is -0.117. The van der Waals surface area contributed by atoms with Crippen LogP contribution in [0.15, 0.2) is 36.4 Å². The predicted molar refractivity (Wildman–Crippen MR) is 87.2 cm³/mol. The van der Waals surface area contributed by atoms with E-state index in [9.17, 15) is 13.6 Å². The second-order valence-electron chi connectivity index (χ2n) is 5.70. The molecule has 122 valence electrons. The Morgan fingerprint density at radius 2 is 1.91 bits per heavy atom. The zero-order chi connectivity index (χ0) is 17.0. The Balaban J connectivity index is 1.95. The number of nitrogens with one attached hydrogen (secondary N) is 1. The standard InChI is InChI=1S/C18H20F2N2O/c1-12-5-4-6-17(13(12)2)21-18(23)11-22(3)10-14-7-8-15(19)9-16(14)20/h4-9H,10-11H2,1-3H3,(H,21,23). The van der Waals surface area contributed by atoms with Crippen molar-refractivity contribution in [3.05, 3.63) is 64.7 Å². The second-order valence-corrected chi connectivity index (χ2v) is 5.70. The number of rotatable bonds is 5. The largest absolute Gasteiger partial charge is 0.325 e. The van der Waals surface area contributed by atoms with Gasteiger partial charge in [0.2, 0.25) is 5.91 Å². The Labute approximate surface area is 134 Å². The normalized spacial score (nSPS) is 10.9. The van der Waals surface area contributed by atoms with E-state index >= 15 is 0 Å². The Hall–Kier alpha value is -2.27. The van der Waals surface area contributed by atoms with E-state index in [4.69, 9.17) is 0 Å². The number of amides is 1. The van der Waals surface area contributed by atoms with Crippen molar-refractivity contribution in [2.75, 3.05) is 18.9 Å². The Morgan fingerprint density at radius 1 is 1.17 bits per heavy atom. The molecule has 0 fully saturated rings. The minimum atomic E-state index is -0.610. The van der Waals surface area contributed by atoms with E-state index in [1.165, 1.54) is 12.1 Å². The van der Waals surface area contributed by atoms with Crippen LogP contribution in [-0.4, -0.2) is 24.4 Å². The van der Waals surface area contributed by atoms with Crippen LogP contribution < -0.4 is 5.32 Å².